The first-order valence-corrected chi connectivity index (χ1v) is 7.08. The molecule has 1 aromatic rings. The molecular formula is C15H20N2O3. The summed E-state index contributed by atoms with van der Waals surface area (Å²) in [4.78, 5) is 26.7. The van der Waals surface area contributed by atoms with Crippen molar-refractivity contribution in [1.29, 1.82) is 0 Å². The van der Waals surface area contributed by atoms with Crippen LogP contribution in [0.2, 0.25) is 0 Å². The van der Waals surface area contributed by atoms with Gasteiger partial charge in [0.1, 0.15) is 5.69 Å². The van der Waals surface area contributed by atoms with Crippen molar-refractivity contribution in [3.8, 4) is 0 Å². The molecule has 0 saturated heterocycles. The molecule has 2 N–H and O–H groups in total. The lowest BCUT2D eigenvalue weighted by Gasteiger charge is -2.28. The van der Waals surface area contributed by atoms with Gasteiger partial charge in [-0.1, -0.05) is 19.3 Å². The highest BCUT2D eigenvalue weighted by Gasteiger charge is 2.22. The average molecular weight is 276 g/mol. The predicted molar refractivity (Wildman–Crippen MR) is 74.7 cm³/mol. The lowest BCUT2D eigenvalue weighted by atomic mass is 9.84. The molecule has 0 radical (unpaired) electrons. The smallest absolute Gasteiger partial charge is 0.337 e. The Morgan fingerprint density at radius 1 is 1.30 bits per heavy atom. The summed E-state index contributed by atoms with van der Waals surface area (Å²) in [6, 6.07) is 2.98. The van der Waals surface area contributed by atoms with Crippen LogP contribution in [-0.4, -0.2) is 28.0 Å². The van der Waals surface area contributed by atoms with E-state index in [0.29, 0.717) is 5.92 Å². The third-order valence-corrected chi connectivity index (χ3v) is 3.96. The molecule has 1 unspecified atom stereocenters. The van der Waals surface area contributed by atoms with Crippen molar-refractivity contribution in [2.75, 3.05) is 0 Å². The normalized spacial score (nSPS) is 17.4. The van der Waals surface area contributed by atoms with Gasteiger partial charge in [-0.3, -0.25) is 9.78 Å². The maximum atomic E-state index is 12.1. The number of pyridine rings is 1. The second-order valence-corrected chi connectivity index (χ2v) is 5.40. The SMILES string of the molecule is CC(NC(=O)c1ccc(C(=O)O)cn1)C1CCCCC1. The molecular weight excluding hydrogens is 256 g/mol. The van der Waals surface area contributed by atoms with Crippen molar-refractivity contribution in [3.05, 3.63) is 29.6 Å². The Balaban J connectivity index is 1.95. The van der Waals surface area contributed by atoms with Gasteiger partial charge in [-0.25, -0.2) is 4.79 Å². The van der Waals surface area contributed by atoms with Gasteiger partial charge in [-0.15, -0.1) is 0 Å². The molecule has 5 nitrogen and oxygen atoms in total. The number of nitrogens with one attached hydrogen (secondary N) is 1. The van der Waals surface area contributed by atoms with Crippen LogP contribution in [0.5, 0.6) is 0 Å². The average Bonchev–Trinajstić information content (AvgIpc) is 2.48. The number of aromatic carboxylic acids is 1. The van der Waals surface area contributed by atoms with Gasteiger partial charge in [0.05, 0.1) is 5.56 Å². The molecule has 5 heteroatoms. The van der Waals surface area contributed by atoms with E-state index >= 15 is 0 Å². The Morgan fingerprint density at radius 3 is 2.55 bits per heavy atom. The number of carbonyl (C=O) groups excluding carboxylic acids is 1. The van der Waals surface area contributed by atoms with Crippen LogP contribution in [0.25, 0.3) is 0 Å². The van der Waals surface area contributed by atoms with Gasteiger partial charge in [0.15, 0.2) is 0 Å². The molecule has 1 heterocycles. The summed E-state index contributed by atoms with van der Waals surface area (Å²) in [5.74, 6) is -0.744. The highest BCUT2D eigenvalue weighted by Crippen LogP contribution is 2.26. The number of nitrogens with zero attached hydrogens (tertiary/aromatic N) is 1. The second-order valence-electron chi connectivity index (χ2n) is 5.40. The number of amides is 1. The molecule has 1 aliphatic rings. The summed E-state index contributed by atoms with van der Waals surface area (Å²) < 4.78 is 0. The molecule has 1 saturated carbocycles. The third kappa shape index (κ3) is 3.56. The van der Waals surface area contributed by atoms with Crippen molar-refractivity contribution in [2.24, 2.45) is 5.92 Å². The molecule has 1 amide bonds. The van der Waals surface area contributed by atoms with Gasteiger partial charge >= 0.3 is 5.97 Å². The number of carboxylic acid groups (broad SMARTS) is 1. The molecule has 20 heavy (non-hydrogen) atoms. The Hall–Kier alpha value is -1.91. The van der Waals surface area contributed by atoms with Crippen molar-refractivity contribution in [2.45, 2.75) is 45.1 Å². The van der Waals surface area contributed by atoms with Gasteiger partial charge in [-0.2, -0.15) is 0 Å². The monoisotopic (exact) mass is 276 g/mol. The van der Waals surface area contributed by atoms with Gasteiger partial charge in [0.25, 0.3) is 5.91 Å². The molecule has 0 aliphatic heterocycles. The molecule has 1 aromatic heterocycles. The van der Waals surface area contributed by atoms with Crippen molar-refractivity contribution in [1.82, 2.24) is 10.3 Å². The zero-order valence-electron chi connectivity index (χ0n) is 11.6. The minimum absolute atomic E-state index is 0.0851. The number of hydrogen-bond donors (Lipinski definition) is 2. The first-order chi connectivity index (χ1) is 9.58. The molecule has 1 atom stereocenters. The Bertz CT molecular complexity index is 478. The molecule has 0 aromatic carbocycles. The highest BCUT2D eigenvalue weighted by atomic mass is 16.4. The first-order valence-electron chi connectivity index (χ1n) is 7.08. The summed E-state index contributed by atoms with van der Waals surface area (Å²) in [5.41, 5.74) is 0.347. The number of carboxylic acids is 1. The Kier molecular flexibility index (Phi) is 4.71. The number of hydrogen-bond acceptors (Lipinski definition) is 3. The maximum absolute atomic E-state index is 12.1. The van der Waals surface area contributed by atoms with Crippen molar-refractivity contribution < 1.29 is 14.7 Å². The molecule has 1 aliphatic carbocycles. The lowest BCUT2D eigenvalue weighted by Crippen LogP contribution is -2.39. The minimum atomic E-state index is -1.04. The van der Waals surface area contributed by atoms with Gasteiger partial charge < -0.3 is 10.4 Å². The standard InChI is InChI=1S/C15H20N2O3/c1-10(11-5-3-2-4-6-11)17-14(18)13-8-7-12(9-16-13)15(19)20/h7-11H,2-6H2,1H3,(H,17,18)(H,19,20). The van der Waals surface area contributed by atoms with Crippen LogP contribution in [0, 0.1) is 5.92 Å². The fraction of sp³-hybridized carbons (Fsp3) is 0.533. The van der Waals surface area contributed by atoms with E-state index in [1.165, 1.54) is 37.6 Å². The third-order valence-electron chi connectivity index (χ3n) is 3.96. The molecule has 0 bridgehead atoms. The highest BCUT2D eigenvalue weighted by molar-refractivity contribution is 5.93. The van der Waals surface area contributed by atoms with Gasteiger partial charge in [0.2, 0.25) is 0 Å². The molecule has 108 valence electrons. The first kappa shape index (κ1) is 14.5. The van der Waals surface area contributed by atoms with Crippen LogP contribution in [0.1, 0.15) is 59.9 Å². The zero-order valence-corrected chi connectivity index (χ0v) is 11.6. The van der Waals surface area contributed by atoms with E-state index < -0.39 is 5.97 Å². The van der Waals surface area contributed by atoms with Crippen molar-refractivity contribution >= 4 is 11.9 Å². The Morgan fingerprint density at radius 2 is 2.00 bits per heavy atom. The number of carbonyl (C=O) groups is 2. The summed E-state index contributed by atoms with van der Waals surface area (Å²) in [7, 11) is 0. The summed E-state index contributed by atoms with van der Waals surface area (Å²) in [6.45, 7) is 2.03. The predicted octanol–water partition coefficient (Wildman–Crippen LogP) is 2.48. The second kappa shape index (κ2) is 6.50. The Labute approximate surface area is 118 Å². The van der Waals surface area contributed by atoms with E-state index in [1.54, 1.807) is 0 Å². The van der Waals surface area contributed by atoms with E-state index in [9.17, 15) is 9.59 Å². The van der Waals surface area contributed by atoms with Crippen molar-refractivity contribution in [3.63, 3.8) is 0 Å². The van der Waals surface area contributed by atoms with Gasteiger partial charge in [-0.05, 0) is 37.8 Å². The number of rotatable bonds is 4. The molecule has 1 fully saturated rings. The van der Waals surface area contributed by atoms with Crippen LogP contribution in [0.15, 0.2) is 18.3 Å². The van der Waals surface area contributed by atoms with E-state index in [4.69, 9.17) is 5.11 Å². The van der Waals surface area contributed by atoms with E-state index in [0.717, 1.165) is 12.8 Å². The van der Waals surface area contributed by atoms with Crippen LogP contribution in [-0.2, 0) is 0 Å². The van der Waals surface area contributed by atoms with Crippen LogP contribution in [0.4, 0.5) is 0 Å². The summed E-state index contributed by atoms with van der Waals surface area (Å²) in [6.07, 6.45) is 7.28. The van der Waals surface area contributed by atoms with Gasteiger partial charge in [0, 0.05) is 12.2 Å². The van der Waals surface area contributed by atoms with E-state index in [2.05, 4.69) is 10.3 Å². The topological polar surface area (TPSA) is 79.3 Å². The minimum Gasteiger partial charge on any atom is -0.478 e. The molecule has 0 spiro atoms. The van der Waals surface area contributed by atoms with Crippen LogP contribution in [0.3, 0.4) is 0 Å². The van der Waals surface area contributed by atoms with E-state index in [1.807, 2.05) is 6.92 Å². The fourth-order valence-electron chi connectivity index (χ4n) is 2.69. The summed E-state index contributed by atoms with van der Waals surface area (Å²) >= 11 is 0. The quantitative estimate of drug-likeness (QED) is 0.885. The zero-order chi connectivity index (χ0) is 14.5. The van der Waals surface area contributed by atoms with Crippen LogP contribution < -0.4 is 5.32 Å². The molecule has 2 rings (SSSR count). The fourth-order valence-corrected chi connectivity index (χ4v) is 2.69. The summed E-state index contributed by atoms with van der Waals surface area (Å²) in [5, 5.41) is 11.8. The van der Waals surface area contributed by atoms with E-state index in [-0.39, 0.29) is 23.2 Å². The number of aromatic nitrogens is 1. The van der Waals surface area contributed by atoms with Crippen LogP contribution >= 0.6 is 0 Å². The maximum Gasteiger partial charge on any atom is 0.337 e. The lowest BCUT2D eigenvalue weighted by molar-refractivity contribution is 0.0695. The largest absolute Gasteiger partial charge is 0.478 e.